The van der Waals surface area contributed by atoms with Gasteiger partial charge in [-0.2, -0.15) is 0 Å². The summed E-state index contributed by atoms with van der Waals surface area (Å²) in [7, 11) is 0. The van der Waals surface area contributed by atoms with E-state index in [9.17, 15) is 9.59 Å². The van der Waals surface area contributed by atoms with Crippen LogP contribution in [0.3, 0.4) is 0 Å². The van der Waals surface area contributed by atoms with Crippen LogP contribution in [0.2, 0.25) is 0 Å². The third kappa shape index (κ3) is 3.32. The van der Waals surface area contributed by atoms with Gasteiger partial charge in [-0.05, 0) is 24.3 Å². The summed E-state index contributed by atoms with van der Waals surface area (Å²) in [5.41, 5.74) is 0.784. The minimum atomic E-state index is -1.43. The molecule has 0 atom stereocenters. The van der Waals surface area contributed by atoms with Crippen molar-refractivity contribution in [3.8, 4) is 5.75 Å². The van der Waals surface area contributed by atoms with E-state index in [1.54, 1.807) is 48.5 Å². The fourth-order valence-electron chi connectivity index (χ4n) is 1.54. The van der Waals surface area contributed by atoms with Crippen LogP contribution in [0.25, 0.3) is 0 Å². The molecule has 0 heterocycles. The molecule has 2 aromatic carbocycles. The number of carbonyl (C=O) groups is 2. The average Bonchev–Trinajstić information content (AvgIpc) is 2.41. The first-order valence-electron chi connectivity index (χ1n) is 5.53. The predicted octanol–water partition coefficient (Wildman–Crippen LogP) is 3.00. The molecule has 96 valence electrons. The van der Waals surface area contributed by atoms with Crippen molar-refractivity contribution in [2.24, 2.45) is 0 Å². The van der Waals surface area contributed by atoms with Crippen LogP contribution in [0, 0.1) is 0 Å². The molecule has 0 saturated heterocycles. The van der Waals surface area contributed by atoms with Gasteiger partial charge in [0, 0.05) is 5.56 Å². The zero-order valence-corrected chi connectivity index (χ0v) is 9.87. The third-order valence-corrected chi connectivity index (χ3v) is 2.37. The number of hydrogen-bond donors (Lipinski definition) is 2. The number of hydrogen-bond acceptors (Lipinski definition) is 3. The Morgan fingerprint density at radius 1 is 0.947 bits per heavy atom. The number of carbonyl (C=O) groups excluding carboxylic acids is 1. The van der Waals surface area contributed by atoms with Crippen LogP contribution in [-0.2, 0) is 0 Å². The molecule has 0 aliphatic heterocycles. The van der Waals surface area contributed by atoms with E-state index in [0.717, 1.165) is 0 Å². The van der Waals surface area contributed by atoms with E-state index in [0.29, 0.717) is 11.3 Å². The number of nitrogens with one attached hydrogen (secondary N) is 1. The third-order valence-electron chi connectivity index (χ3n) is 2.37. The lowest BCUT2D eigenvalue weighted by molar-refractivity contribution is 0.102. The van der Waals surface area contributed by atoms with Gasteiger partial charge in [-0.25, -0.2) is 4.79 Å². The van der Waals surface area contributed by atoms with Crippen LogP contribution in [0.15, 0.2) is 54.6 Å². The molecular weight excluding hydrogens is 246 g/mol. The summed E-state index contributed by atoms with van der Waals surface area (Å²) < 4.78 is 4.58. The molecule has 0 aliphatic rings. The summed E-state index contributed by atoms with van der Waals surface area (Å²) in [6.45, 7) is 0. The lowest BCUT2D eigenvalue weighted by Gasteiger charge is -2.09. The molecule has 5 nitrogen and oxygen atoms in total. The summed E-state index contributed by atoms with van der Waals surface area (Å²) in [5.74, 6) is -0.249. The van der Waals surface area contributed by atoms with Crippen molar-refractivity contribution in [1.29, 1.82) is 0 Å². The maximum atomic E-state index is 11.9. The van der Waals surface area contributed by atoms with Crippen LogP contribution in [0.5, 0.6) is 5.75 Å². The number of carboxylic acid groups (broad SMARTS) is 1. The molecule has 19 heavy (non-hydrogen) atoms. The Balaban J connectivity index is 2.19. The fraction of sp³-hybridized carbons (Fsp3) is 0. The highest BCUT2D eigenvalue weighted by Gasteiger charge is 2.11. The van der Waals surface area contributed by atoms with E-state index in [1.165, 1.54) is 6.07 Å². The quantitative estimate of drug-likeness (QED) is 0.654. The van der Waals surface area contributed by atoms with Crippen molar-refractivity contribution in [3.05, 3.63) is 60.2 Å². The van der Waals surface area contributed by atoms with Gasteiger partial charge in [0.15, 0.2) is 5.75 Å². The standard InChI is InChI=1S/C14H11NO4/c16-13(10-6-2-1-3-7-10)15-11-8-4-5-9-12(11)19-14(17)18/h1-9H,(H,15,16)(H,17,18). The molecule has 2 N–H and O–H groups in total. The topological polar surface area (TPSA) is 75.6 Å². The Morgan fingerprint density at radius 2 is 1.58 bits per heavy atom. The normalized spacial score (nSPS) is 9.68. The SMILES string of the molecule is O=C(O)Oc1ccccc1NC(=O)c1ccccc1. The zero-order valence-electron chi connectivity index (χ0n) is 9.87. The summed E-state index contributed by atoms with van der Waals surface area (Å²) in [5, 5.41) is 11.2. The van der Waals surface area contributed by atoms with Gasteiger partial charge < -0.3 is 15.2 Å². The van der Waals surface area contributed by atoms with E-state index in [-0.39, 0.29) is 11.7 Å². The molecule has 0 bridgehead atoms. The van der Waals surface area contributed by atoms with Crippen molar-refractivity contribution in [1.82, 2.24) is 0 Å². The maximum absolute atomic E-state index is 11.9. The number of benzene rings is 2. The minimum Gasteiger partial charge on any atom is -0.449 e. The first kappa shape index (κ1) is 12.6. The van der Waals surface area contributed by atoms with Gasteiger partial charge in [0.05, 0.1) is 5.69 Å². The minimum absolute atomic E-state index is 0.0827. The zero-order chi connectivity index (χ0) is 13.7. The molecule has 0 spiro atoms. The van der Waals surface area contributed by atoms with Gasteiger partial charge in [-0.3, -0.25) is 4.79 Å². The smallest absolute Gasteiger partial charge is 0.449 e. The van der Waals surface area contributed by atoms with E-state index in [4.69, 9.17) is 5.11 Å². The fourth-order valence-corrected chi connectivity index (χ4v) is 1.54. The van der Waals surface area contributed by atoms with E-state index >= 15 is 0 Å². The van der Waals surface area contributed by atoms with Crippen molar-refractivity contribution < 1.29 is 19.4 Å². The number of rotatable bonds is 3. The van der Waals surface area contributed by atoms with Crippen molar-refractivity contribution >= 4 is 17.7 Å². The molecule has 1 amide bonds. The predicted molar refractivity (Wildman–Crippen MR) is 69.5 cm³/mol. The molecule has 0 fully saturated rings. The second kappa shape index (κ2) is 5.68. The second-order valence-corrected chi connectivity index (χ2v) is 3.68. The molecule has 0 aromatic heterocycles. The molecule has 0 radical (unpaired) electrons. The number of ether oxygens (including phenoxy) is 1. The monoisotopic (exact) mass is 257 g/mol. The van der Waals surface area contributed by atoms with Gasteiger partial charge in [-0.1, -0.05) is 30.3 Å². The lowest BCUT2D eigenvalue weighted by Crippen LogP contribution is -2.13. The van der Waals surface area contributed by atoms with E-state index in [1.807, 2.05) is 0 Å². The highest BCUT2D eigenvalue weighted by Crippen LogP contribution is 2.24. The lowest BCUT2D eigenvalue weighted by atomic mass is 10.2. The van der Waals surface area contributed by atoms with Gasteiger partial charge >= 0.3 is 6.16 Å². The van der Waals surface area contributed by atoms with Crippen molar-refractivity contribution in [2.45, 2.75) is 0 Å². The van der Waals surface area contributed by atoms with Crippen molar-refractivity contribution in [3.63, 3.8) is 0 Å². The molecule has 0 saturated carbocycles. The van der Waals surface area contributed by atoms with E-state index < -0.39 is 6.16 Å². The second-order valence-electron chi connectivity index (χ2n) is 3.68. The molecule has 2 aromatic rings. The summed E-state index contributed by atoms with van der Waals surface area (Å²) in [6.07, 6.45) is -1.43. The van der Waals surface area contributed by atoms with E-state index in [2.05, 4.69) is 10.1 Å². The first-order chi connectivity index (χ1) is 9.16. The average molecular weight is 257 g/mol. The van der Waals surface area contributed by atoms with Gasteiger partial charge in [0.25, 0.3) is 5.91 Å². The van der Waals surface area contributed by atoms with Crippen LogP contribution in [0.4, 0.5) is 10.5 Å². The Bertz CT molecular complexity index is 595. The van der Waals surface area contributed by atoms with Crippen LogP contribution >= 0.6 is 0 Å². The van der Waals surface area contributed by atoms with Gasteiger partial charge in [0.1, 0.15) is 0 Å². The highest BCUT2D eigenvalue weighted by atomic mass is 16.7. The number of para-hydroxylation sites is 2. The molecular formula is C14H11NO4. The van der Waals surface area contributed by atoms with Crippen LogP contribution < -0.4 is 10.1 Å². The molecule has 5 heteroatoms. The Morgan fingerprint density at radius 3 is 2.26 bits per heavy atom. The van der Waals surface area contributed by atoms with Gasteiger partial charge in [0.2, 0.25) is 0 Å². The largest absolute Gasteiger partial charge is 0.511 e. The first-order valence-corrected chi connectivity index (χ1v) is 5.53. The molecule has 2 rings (SSSR count). The Hall–Kier alpha value is -2.82. The number of anilines is 1. The maximum Gasteiger partial charge on any atom is 0.511 e. The summed E-state index contributed by atoms with van der Waals surface area (Å²) in [4.78, 5) is 22.5. The van der Waals surface area contributed by atoms with Crippen molar-refractivity contribution in [2.75, 3.05) is 5.32 Å². The van der Waals surface area contributed by atoms with Crippen LogP contribution in [0.1, 0.15) is 10.4 Å². The summed E-state index contributed by atoms with van der Waals surface area (Å²) in [6, 6.07) is 15.0. The Labute approximate surface area is 109 Å². The van der Waals surface area contributed by atoms with Gasteiger partial charge in [-0.15, -0.1) is 0 Å². The molecule has 0 unspecified atom stereocenters. The van der Waals surface area contributed by atoms with Crippen LogP contribution in [-0.4, -0.2) is 17.2 Å². The Kier molecular flexibility index (Phi) is 3.78. The molecule has 0 aliphatic carbocycles. The highest BCUT2D eigenvalue weighted by molar-refractivity contribution is 6.05. The summed E-state index contributed by atoms with van der Waals surface area (Å²) >= 11 is 0. The number of amides is 1.